The van der Waals surface area contributed by atoms with Crippen LogP contribution < -0.4 is 0 Å². The van der Waals surface area contributed by atoms with Crippen LogP contribution in [0.1, 0.15) is 47.1 Å². The summed E-state index contributed by atoms with van der Waals surface area (Å²) >= 11 is 5.14. The Morgan fingerprint density at radius 2 is 1.66 bits per heavy atom. The maximum absolute atomic E-state index is 12.6. The molecule has 1 aliphatic heterocycles. The standard InChI is InChI=1S/C24H27N3O4S/c1-6-7-12-31-23(30)17-8-10-19(11-9-17)27-15(2)13-18(16(27)3)14-20-21(28)25(4)24(32)26(5)22(20)29/h8-11,13-14H,6-7,12H2,1-5H3. The smallest absolute Gasteiger partial charge is 0.338 e. The molecule has 1 fully saturated rings. The topological polar surface area (TPSA) is 71.8 Å². The zero-order valence-corrected chi connectivity index (χ0v) is 19.8. The van der Waals surface area contributed by atoms with Crippen LogP contribution in [0, 0.1) is 13.8 Å². The molecule has 7 nitrogen and oxygen atoms in total. The number of esters is 1. The van der Waals surface area contributed by atoms with Crippen LogP contribution in [0.15, 0.2) is 35.9 Å². The Hall–Kier alpha value is -3.26. The molecule has 32 heavy (non-hydrogen) atoms. The van der Waals surface area contributed by atoms with E-state index in [0.29, 0.717) is 12.2 Å². The summed E-state index contributed by atoms with van der Waals surface area (Å²) in [5, 5.41) is 0.177. The van der Waals surface area contributed by atoms with Gasteiger partial charge in [0.15, 0.2) is 5.11 Å². The normalized spacial score (nSPS) is 14.3. The van der Waals surface area contributed by atoms with Crippen molar-refractivity contribution in [3.05, 3.63) is 58.4 Å². The van der Waals surface area contributed by atoms with Crippen LogP contribution >= 0.6 is 12.2 Å². The highest BCUT2D eigenvalue weighted by Crippen LogP contribution is 2.25. The molecule has 3 rings (SSSR count). The number of thiocarbonyl (C=S) groups is 1. The lowest BCUT2D eigenvalue weighted by Crippen LogP contribution is -2.52. The van der Waals surface area contributed by atoms with Crippen LogP contribution in [0.2, 0.25) is 0 Å². The van der Waals surface area contributed by atoms with Gasteiger partial charge in [0.25, 0.3) is 11.8 Å². The summed E-state index contributed by atoms with van der Waals surface area (Å²) in [6.45, 7) is 6.32. The molecule has 2 aromatic rings. The Balaban J connectivity index is 1.91. The minimum absolute atomic E-state index is 0.0639. The molecule has 1 aromatic heterocycles. The first-order chi connectivity index (χ1) is 15.2. The van der Waals surface area contributed by atoms with Crippen LogP contribution in [-0.4, -0.2) is 58.0 Å². The highest BCUT2D eigenvalue weighted by atomic mass is 32.1. The SMILES string of the molecule is CCCCOC(=O)c1ccc(-n2c(C)cc(C=C3C(=O)N(C)C(=S)N(C)C3=O)c2C)cc1. The number of ether oxygens (including phenoxy) is 1. The van der Waals surface area contributed by atoms with Gasteiger partial charge in [0.1, 0.15) is 5.57 Å². The van der Waals surface area contributed by atoms with Gasteiger partial charge < -0.3 is 9.30 Å². The summed E-state index contributed by atoms with van der Waals surface area (Å²) in [5.74, 6) is -1.18. The lowest BCUT2D eigenvalue weighted by atomic mass is 10.1. The second kappa shape index (κ2) is 9.48. The van der Waals surface area contributed by atoms with Gasteiger partial charge in [0, 0.05) is 31.2 Å². The first kappa shape index (κ1) is 23.4. The van der Waals surface area contributed by atoms with Gasteiger partial charge in [-0.1, -0.05) is 13.3 Å². The van der Waals surface area contributed by atoms with Gasteiger partial charge in [-0.05, 0) is 74.5 Å². The summed E-state index contributed by atoms with van der Waals surface area (Å²) in [5.41, 5.74) is 3.99. The quantitative estimate of drug-likeness (QED) is 0.220. The molecule has 1 aliphatic rings. The number of benzene rings is 1. The molecule has 2 heterocycles. The fraction of sp³-hybridized carbons (Fsp3) is 0.333. The Bertz CT molecular complexity index is 1090. The average Bonchev–Trinajstić information content (AvgIpc) is 3.06. The molecule has 1 aromatic carbocycles. The molecule has 0 saturated carbocycles. The van der Waals surface area contributed by atoms with E-state index in [1.807, 2.05) is 43.5 Å². The molecule has 168 valence electrons. The Labute approximate surface area is 193 Å². The number of unbranched alkanes of at least 4 members (excludes halogenated alkanes) is 1. The van der Waals surface area contributed by atoms with Crippen LogP contribution in [0.25, 0.3) is 11.8 Å². The predicted octanol–water partition coefficient (Wildman–Crippen LogP) is 3.65. The second-order valence-electron chi connectivity index (χ2n) is 7.77. The molecule has 1 saturated heterocycles. The van der Waals surface area contributed by atoms with Crippen LogP contribution in [0.4, 0.5) is 0 Å². The molecule has 0 bridgehead atoms. The van der Waals surface area contributed by atoms with Crippen molar-refractivity contribution in [1.82, 2.24) is 14.4 Å². The number of hydrogen-bond donors (Lipinski definition) is 0. The molecular formula is C24H27N3O4S. The molecular weight excluding hydrogens is 426 g/mol. The van der Waals surface area contributed by atoms with E-state index in [9.17, 15) is 14.4 Å². The van der Waals surface area contributed by atoms with E-state index < -0.39 is 11.8 Å². The first-order valence-corrected chi connectivity index (χ1v) is 10.9. The minimum atomic E-state index is -0.422. The number of nitrogens with zero attached hydrogens (tertiary/aromatic N) is 3. The summed E-state index contributed by atoms with van der Waals surface area (Å²) in [6.07, 6.45) is 3.41. The number of amides is 2. The second-order valence-corrected chi connectivity index (χ2v) is 8.13. The van der Waals surface area contributed by atoms with Crippen molar-refractivity contribution in [3.63, 3.8) is 0 Å². The fourth-order valence-corrected chi connectivity index (χ4v) is 3.77. The predicted molar refractivity (Wildman–Crippen MR) is 127 cm³/mol. The van der Waals surface area contributed by atoms with Gasteiger partial charge >= 0.3 is 5.97 Å². The molecule has 8 heteroatoms. The van der Waals surface area contributed by atoms with E-state index in [1.54, 1.807) is 32.3 Å². The molecule has 2 amide bonds. The first-order valence-electron chi connectivity index (χ1n) is 10.5. The van der Waals surface area contributed by atoms with Crippen molar-refractivity contribution in [2.45, 2.75) is 33.6 Å². The van der Waals surface area contributed by atoms with Crippen LogP contribution in [0.3, 0.4) is 0 Å². The van der Waals surface area contributed by atoms with Crippen molar-refractivity contribution in [3.8, 4) is 5.69 Å². The average molecular weight is 454 g/mol. The highest BCUT2D eigenvalue weighted by molar-refractivity contribution is 7.80. The Morgan fingerprint density at radius 3 is 2.22 bits per heavy atom. The number of likely N-dealkylation sites (N-methyl/N-ethyl adjacent to an activating group) is 2. The molecule has 0 atom stereocenters. The summed E-state index contributed by atoms with van der Waals surface area (Å²) < 4.78 is 7.27. The third kappa shape index (κ3) is 4.36. The molecule has 0 spiro atoms. The van der Waals surface area contributed by atoms with E-state index >= 15 is 0 Å². The van der Waals surface area contributed by atoms with Crippen molar-refractivity contribution in [2.24, 2.45) is 0 Å². The maximum atomic E-state index is 12.6. The largest absolute Gasteiger partial charge is 0.462 e. The van der Waals surface area contributed by atoms with Gasteiger partial charge in [-0.3, -0.25) is 19.4 Å². The number of hydrogen-bond acceptors (Lipinski definition) is 5. The van der Waals surface area contributed by atoms with E-state index in [4.69, 9.17) is 17.0 Å². The third-order valence-electron chi connectivity index (χ3n) is 5.51. The summed E-state index contributed by atoms with van der Waals surface area (Å²) in [4.78, 5) is 40.0. The maximum Gasteiger partial charge on any atom is 0.338 e. The van der Waals surface area contributed by atoms with Gasteiger partial charge in [0.2, 0.25) is 0 Å². The number of carbonyl (C=O) groups is 3. The number of aromatic nitrogens is 1. The van der Waals surface area contributed by atoms with Gasteiger partial charge in [-0.2, -0.15) is 0 Å². The molecule has 0 N–H and O–H groups in total. The van der Waals surface area contributed by atoms with E-state index in [1.165, 1.54) is 9.80 Å². The van der Waals surface area contributed by atoms with E-state index in [-0.39, 0.29) is 16.7 Å². The zero-order chi connectivity index (χ0) is 23.6. The van der Waals surface area contributed by atoms with E-state index in [0.717, 1.165) is 35.5 Å². The van der Waals surface area contributed by atoms with Gasteiger partial charge in [0.05, 0.1) is 12.2 Å². The van der Waals surface area contributed by atoms with Crippen molar-refractivity contribution >= 4 is 41.2 Å². The fourth-order valence-electron chi connectivity index (χ4n) is 3.60. The third-order valence-corrected chi connectivity index (χ3v) is 6.05. The molecule has 0 radical (unpaired) electrons. The zero-order valence-electron chi connectivity index (χ0n) is 19.0. The van der Waals surface area contributed by atoms with Crippen molar-refractivity contribution in [2.75, 3.05) is 20.7 Å². The van der Waals surface area contributed by atoms with E-state index in [2.05, 4.69) is 0 Å². The summed E-state index contributed by atoms with van der Waals surface area (Å²) in [6, 6.07) is 9.09. The van der Waals surface area contributed by atoms with Crippen molar-refractivity contribution in [1.29, 1.82) is 0 Å². The monoisotopic (exact) mass is 453 g/mol. The van der Waals surface area contributed by atoms with Gasteiger partial charge in [-0.25, -0.2) is 4.79 Å². The molecule has 0 aliphatic carbocycles. The Kier molecular flexibility index (Phi) is 6.93. The van der Waals surface area contributed by atoms with Gasteiger partial charge in [-0.15, -0.1) is 0 Å². The van der Waals surface area contributed by atoms with Crippen LogP contribution in [0.5, 0.6) is 0 Å². The minimum Gasteiger partial charge on any atom is -0.462 e. The Morgan fingerprint density at radius 1 is 1.06 bits per heavy atom. The number of aryl methyl sites for hydroxylation is 1. The number of carbonyl (C=O) groups excluding carboxylic acids is 3. The highest BCUT2D eigenvalue weighted by Gasteiger charge is 2.35. The van der Waals surface area contributed by atoms with Crippen LogP contribution in [-0.2, 0) is 14.3 Å². The lowest BCUT2D eigenvalue weighted by Gasteiger charge is -2.31. The molecule has 0 unspecified atom stereocenters. The summed E-state index contributed by atoms with van der Waals surface area (Å²) in [7, 11) is 3.11. The van der Waals surface area contributed by atoms with Crippen molar-refractivity contribution < 1.29 is 19.1 Å². The number of rotatable bonds is 6. The lowest BCUT2D eigenvalue weighted by molar-refractivity contribution is -0.132.